The maximum absolute atomic E-state index is 11.2. The van der Waals surface area contributed by atoms with Gasteiger partial charge in [-0.05, 0) is 18.1 Å². The number of nitrogens with zero attached hydrogens (tertiary/aromatic N) is 1. The van der Waals surface area contributed by atoms with Crippen molar-refractivity contribution in [3.8, 4) is 0 Å². The van der Waals surface area contributed by atoms with Crippen LogP contribution in [0.15, 0.2) is 12.1 Å². The second-order valence-corrected chi connectivity index (χ2v) is 4.89. The van der Waals surface area contributed by atoms with Crippen molar-refractivity contribution in [1.82, 2.24) is 0 Å². The Labute approximate surface area is 106 Å². The van der Waals surface area contributed by atoms with E-state index in [1.54, 1.807) is 6.07 Å². The standard InChI is InChI=1S/C12H17ClN2O2/c1-7(2)6-15(3)11-9(12(16)17)4-8(14)5-10(11)13/h4-5,7H,6,14H2,1-3H3,(H,16,17). The summed E-state index contributed by atoms with van der Waals surface area (Å²) in [6.07, 6.45) is 0. The van der Waals surface area contributed by atoms with E-state index in [1.165, 1.54) is 6.07 Å². The van der Waals surface area contributed by atoms with Crippen LogP contribution in [-0.4, -0.2) is 24.7 Å². The summed E-state index contributed by atoms with van der Waals surface area (Å²) in [7, 11) is 1.82. The predicted molar refractivity (Wildman–Crippen MR) is 70.9 cm³/mol. The minimum atomic E-state index is -1.02. The fourth-order valence-electron chi connectivity index (χ4n) is 1.81. The van der Waals surface area contributed by atoms with Gasteiger partial charge in [0.15, 0.2) is 0 Å². The molecule has 5 heteroatoms. The number of hydrogen-bond donors (Lipinski definition) is 2. The van der Waals surface area contributed by atoms with Crippen molar-refractivity contribution in [1.29, 1.82) is 0 Å². The number of hydrogen-bond acceptors (Lipinski definition) is 3. The molecule has 0 bridgehead atoms. The smallest absolute Gasteiger partial charge is 0.337 e. The highest BCUT2D eigenvalue weighted by Gasteiger charge is 2.18. The summed E-state index contributed by atoms with van der Waals surface area (Å²) in [5.41, 5.74) is 6.61. The number of halogens is 1. The first kappa shape index (κ1) is 13.6. The number of benzene rings is 1. The van der Waals surface area contributed by atoms with Crippen LogP contribution in [0.1, 0.15) is 24.2 Å². The molecule has 1 rings (SSSR count). The van der Waals surface area contributed by atoms with Gasteiger partial charge in [0.1, 0.15) is 0 Å². The summed E-state index contributed by atoms with van der Waals surface area (Å²) >= 11 is 6.07. The highest BCUT2D eigenvalue weighted by atomic mass is 35.5. The molecule has 0 unspecified atom stereocenters. The zero-order valence-electron chi connectivity index (χ0n) is 10.2. The lowest BCUT2D eigenvalue weighted by Gasteiger charge is -2.24. The van der Waals surface area contributed by atoms with Crippen LogP contribution in [0.3, 0.4) is 0 Å². The number of nitrogen functional groups attached to an aromatic ring is 1. The maximum atomic E-state index is 11.2. The Kier molecular flexibility index (Phi) is 4.23. The van der Waals surface area contributed by atoms with E-state index in [2.05, 4.69) is 13.8 Å². The molecule has 0 aliphatic heterocycles. The Hall–Kier alpha value is -1.42. The van der Waals surface area contributed by atoms with Crippen LogP contribution in [0.4, 0.5) is 11.4 Å². The molecular formula is C12H17ClN2O2. The summed E-state index contributed by atoms with van der Waals surface area (Å²) in [6.45, 7) is 4.84. The molecule has 0 heterocycles. The molecule has 0 saturated carbocycles. The van der Waals surface area contributed by atoms with Crippen molar-refractivity contribution in [3.63, 3.8) is 0 Å². The van der Waals surface area contributed by atoms with Crippen LogP contribution < -0.4 is 10.6 Å². The highest BCUT2D eigenvalue weighted by molar-refractivity contribution is 6.34. The molecule has 0 atom stereocenters. The van der Waals surface area contributed by atoms with Crippen molar-refractivity contribution in [3.05, 3.63) is 22.7 Å². The number of carboxylic acid groups (broad SMARTS) is 1. The van der Waals surface area contributed by atoms with Crippen LogP contribution in [0.2, 0.25) is 5.02 Å². The van der Waals surface area contributed by atoms with Crippen molar-refractivity contribution in [2.45, 2.75) is 13.8 Å². The number of carboxylic acids is 1. The number of carbonyl (C=O) groups is 1. The first-order valence-corrected chi connectivity index (χ1v) is 5.74. The lowest BCUT2D eigenvalue weighted by atomic mass is 10.1. The maximum Gasteiger partial charge on any atom is 0.337 e. The quantitative estimate of drug-likeness (QED) is 0.813. The summed E-state index contributed by atoms with van der Waals surface area (Å²) in [4.78, 5) is 13.0. The third-order valence-corrected chi connectivity index (χ3v) is 2.62. The number of nitrogens with two attached hydrogens (primary N) is 1. The highest BCUT2D eigenvalue weighted by Crippen LogP contribution is 2.32. The molecule has 0 aliphatic carbocycles. The van der Waals surface area contributed by atoms with Gasteiger partial charge in [-0.1, -0.05) is 25.4 Å². The molecule has 0 aromatic heterocycles. The topological polar surface area (TPSA) is 66.6 Å². The van der Waals surface area contributed by atoms with Gasteiger partial charge in [0.2, 0.25) is 0 Å². The third kappa shape index (κ3) is 3.27. The van der Waals surface area contributed by atoms with Crippen molar-refractivity contribution in [2.24, 2.45) is 5.92 Å². The summed E-state index contributed by atoms with van der Waals surface area (Å²) < 4.78 is 0. The fraction of sp³-hybridized carbons (Fsp3) is 0.417. The molecule has 4 nitrogen and oxygen atoms in total. The Morgan fingerprint density at radius 1 is 1.53 bits per heavy atom. The van der Waals surface area contributed by atoms with Crippen LogP contribution in [0.25, 0.3) is 0 Å². The van der Waals surface area contributed by atoms with Crippen LogP contribution in [0.5, 0.6) is 0 Å². The molecule has 0 radical (unpaired) electrons. The molecule has 1 aromatic carbocycles. The average Bonchev–Trinajstić information content (AvgIpc) is 2.14. The first-order chi connectivity index (χ1) is 7.82. The van der Waals surface area contributed by atoms with Gasteiger partial charge in [-0.25, -0.2) is 4.79 Å². The molecule has 94 valence electrons. The average molecular weight is 257 g/mol. The van der Waals surface area contributed by atoms with Gasteiger partial charge < -0.3 is 15.7 Å². The van der Waals surface area contributed by atoms with E-state index in [9.17, 15) is 4.79 Å². The lowest BCUT2D eigenvalue weighted by molar-refractivity contribution is 0.0697. The van der Waals surface area contributed by atoms with E-state index in [-0.39, 0.29) is 5.56 Å². The van der Waals surface area contributed by atoms with Crippen LogP contribution in [-0.2, 0) is 0 Å². The molecular weight excluding hydrogens is 240 g/mol. The number of aromatic carboxylic acids is 1. The predicted octanol–water partition coefficient (Wildman–Crippen LogP) is 2.71. The zero-order chi connectivity index (χ0) is 13.2. The fourth-order valence-corrected chi connectivity index (χ4v) is 2.18. The number of rotatable bonds is 4. The van der Waals surface area contributed by atoms with Crippen LogP contribution >= 0.6 is 11.6 Å². The summed E-state index contributed by atoms with van der Waals surface area (Å²) in [6, 6.07) is 3.00. The Morgan fingerprint density at radius 3 is 2.59 bits per heavy atom. The first-order valence-electron chi connectivity index (χ1n) is 5.36. The van der Waals surface area contributed by atoms with Gasteiger partial charge in [0, 0.05) is 19.3 Å². The second kappa shape index (κ2) is 5.27. The molecule has 0 saturated heterocycles. The van der Waals surface area contributed by atoms with E-state index in [4.69, 9.17) is 22.4 Å². The van der Waals surface area contributed by atoms with Crippen LogP contribution in [0, 0.1) is 5.92 Å². The Balaban J connectivity index is 3.25. The molecule has 0 fully saturated rings. The van der Waals surface area contributed by atoms with Crippen molar-refractivity contribution in [2.75, 3.05) is 24.2 Å². The minimum Gasteiger partial charge on any atom is -0.478 e. The van der Waals surface area contributed by atoms with Gasteiger partial charge >= 0.3 is 5.97 Å². The second-order valence-electron chi connectivity index (χ2n) is 4.48. The third-order valence-electron chi connectivity index (χ3n) is 2.34. The van der Waals surface area contributed by atoms with Gasteiger partial charge in [0.25, 0.3) is 0 Å². The van der Waals surface area contributed by atoms with Crippen molar-refractivity contribution < 1.29 is 9.90 Å². The van der Waals surface area contributed by atoms with Gasteiger partial charge in [-0.3, -0.25) is 0 Å². The Morgan fingerprint density at radius 2 is 2.12 bits per heavy atom. The van der Waals surface area contributed by atoms with Gasteiger partial charge in [-0.2, -0.15) is 0 Å². The SMILES string of the molecule is CC(C)CN(C)c1c(Cl)cc(N)cc1C(=O)O. The molecule has 0 spiro atoms. The lowest BCUT2D eigenvalue weighted by Crippen LogP contribution is -2.25. The van der Waals surface area contributed by atoms with E-state index < -0.39 is 5.97 Å². The largest absolute Gasteiger partial charge is 0.478 e. The van der Waals surface area contributed by atoms with Gasteiger partial charge in [0.05, 0.1) is 16.3 Å². The minimum absolute atomic E-state index is 0.137. The summed E-state index contributed by atoms with van der Waals surface area (Å²) in [5, 5.41) is 9.52. The van der Waals surface area contributed by atoms with Gasteiger partial charge in [-0.15, -0.1) is 0 Å². The molecule has 0 aliphatic rings. The zero-order valence-corrected chi connectivity index (χ0v) is 11.0. The van der Waals surface area contributed by atoms with E-state index in [0.717, 1.165) is 6.54 Å². The molecule has 1 aromatic rings. The van der Waals surface area contributed by atoms with Crippen molar-refractivity contribution >= 4 is 28.9 Å². The normalized spacial score (nSPS) is 10.6. The molecule has 17 heavy (non-hydrogen) atoms. The molecule has 3 N–H and O–H groups in total. The number of anilines is 2. The summed E-state index contributed by atoms with van der Waals surface area (Å²) in [5.74, 6) is -0.611. The Bertz CT molecular complexity index is 433. The van der Waals surface area contributed by atoms with E-state index in [1.807, 2.05) is 11.9 Å². The molecule has 0 amide bonds. The monoisotopic (exact) mass is 256 g/mol. The van der Waals surface area contributed by atoms with E-state index in [0.29, 0.717) is 22.3 Å². The van der Waals surface area contributed by atoms with E-state index >= 15 is 0 Å².